The topological polar surface area (TPSA) is 0 Å². The Hall–Kier alpha value is -0.400. The molecule has 0 aliphatic heterocycles. The Morgan fingerprint density at radius 2 is 1.00 bits per heavy atom. The Labute approximate surface area is 228 Å². The SMILES string of the molecule is CC1=Cc2c(cccc2C(C)(C)C)[CH]1[Zr+2]([CH]1C(C)=Cc2c1cccc2C(C)(C)C)=[Si](C)C.[Cl-].[Cl-]. The van der Waals surface area contributed by atoms with Gasteiger partial charge >= 0.3 is 205 Å². The molecule has 2 aromatic carbocycles. The van der Waals surface area contributed by atoms with Crippen molar-refractivity contribution in [3.63, 3.8) is 0 Å². The molecule has 0 amide bonds. The second kappa shape index (κ2) is 10.5. The van der Waals surface area contributed by atoms with Crippen molar-refractivity contribution < 1.29 is 45.2 Å². The van der Waals surface area contributed by atoms with Crippen LogP contribution in [0.15, 0.2) is 47.5 Å². The van der Waals surface area contributed by atoms with E-state index in [1.54, 1.807) is 33.4 Å². The monoisotopic (exact) mass is 588 g/mol. The number of rotatable bonds is 2. The molecule has 0 N–H and O–H groups in total. The van der Waals surface area contributed by atoms with Crippen molar-refractivity contribution >= 4 is 17.6 Å². The Balaban J connectivity index is 0.00000204. The molecule has 0 spiro atoms. The van der Waals surface area contributed by atoms with Gasteiger partial charge in [-0.1, -0.05) is 0 Å². The third kappa shape index (κ3) is 5.18. The standard InChI is InChI=1S/2C14H17.C2H6Si.2ClH.Zr/c2*1-10-8-11-6-5-7-13(12(11)9-10)14(2,3)4;1-3-2;;;/h2*5-9H,1-4H3;1-2H3;2*1H;/q;;;;;+2/p-2. The largest absolute Gasteiger partial charge is 1.00 e. The number of halogens is 2. The van der Waals surface area contributed by atoms with Gasteiger partial charge in [-0.05, 0) is 0 Å². The van der Waals surface area contributed by atoms with Crippen LogP contribution in [0.5, 0.6) is 0 Å². The molecule has 2 aliphatic carbocycles. The molecule has 0 aromatic heterocycles. The van der Waals surface area contributed by atoms with Gasteiger partial charge in [0.1, 0.15) is 0 Å². The maximum absolute atomic E-state index is 2.62. The van der Waals surface area contributed by atoms with Gasteiger partial charge in [-0.25, -0.2) is 0 Å². The van der Waals surface area contributed by atoms with E-state index in [9.17, 15) is 0 Å². The van der Waals surface area contributed by atoms with E-state index in [1.807, 2.05) is 0 Å². The van der Waals surface area contributed by atoms with Crippen LogP contribution in [0.1, 0.15) is 96.0 Å². The molecule has 0 fully saturated rings. The summed E-state index contributed by atoms with van der Waals surface area (Å²) >= 11 is -1.95. The molecule has 2 aromatic rings. The molecule has 0 saturated heterocycles. The minimum absolute atomic E-state index is 0. The van der Waals surface area contributed by atoms with Crippen LogP contribution in [0.2, 0.25) is 13.1 Å². The first-order chi connectivity index (χ1) is 14.8. The van der Waals surface area contributed by atoms with Gasteiger partial charge < -0.3 is 24.8 Å². The van der Waals surface area contributed by atoms with E-state index in [2.05, 4.69) is 117 Å². The van der Waals surface area contributed by atoms with Crippen LogP contribution in [0.4, 0.5) is 0 Å². The van der Waals surface area contributed by atoms with Crippen molar-refractivity contribution in [3.05, 3.63) is 80.9 Å². The quantitative estimate of drug-likeness (QED) is 0.472. The average Bonchev–Trinajstić information content (AvgIpc) is 3.17. The molecule has 34 heavy (non-hydrogen) atoms. The molecule has 0 bridgehead atoms. The van der Waals surface area contributed by atoms with Crippen LogP contribution in [0.25, 0.3) is 12.2 Å². The summed E-state index contributed by atoms with van der Waals surface area (Å²) in [5.74, 6) is 0. The molecule has 0 saturated carbocycles. The second-order valence-electron chi connectivity index (χ2n) is 12.2. The van der Waals surface area contributed by atoms with E-state index < -0.39 is 20.4 Å². The van der Waals surface area contributed by atoms with Gasteiger partial charge in [0.25, 0.3) is 0 Å². The number of hydrogen-bond acceptors (Lipinski definition) is 0. The van der Waals surface area contributed by atoms with Gasteiger partial charge in [0, 0.05) is 0 Å². The molecular weight excluding hydrogens is 551 g/mol. The van der Waals surface area contributed by atoms with Crippen molar-refractivity contribution in [3.8, 4) is 0 Å². The number of allylic oxidation sites excluding steroid dienone is 2. The zero-order valence-corrected chi connectivity index (χ0v) is 27.5. The zero-order chi connectivity index (χ0) is 23.6. The molecule has 182 valence electrons. The van der Waals surface area contributed by atoms with Gasteiger partial charge in [-0.15, -0.1) is 0 Å². The summed E-state index contributed by atoms with van der Waals surface area (Å²) in [7, 11) is 0. The summed E-state index contributed by atoms with van der Waals surface area (Å²) in [6, 6.07) is 14.3. The fourth-order valence-electron chi connectivity index (χ4n) is 5.98. The van der Waals surface area contributed by atoms with E-state index in [-0.39, 0.29) is 41.1 Å². The fraction of sp³-hybridized carbons (Fsp3) is 0.467. The normalized spacial score (nSPS) is 18.5. The van der Waals surface area contributed by atoms with Crippen LogP contribution in [0, 0.1) is 0 Å². The molecular formula is C30H40Cl2SiZr. The fourth-order valence-corrected chi connectivity index (χ4v) is 26.7. The third-order valence-corrected chi connectivity index (χ3v) is 27.3. The smallest absolute Gasteiger partial charge is 1.00 e. The molecule has 4 heteroatoms. The summed E-state index contributed by atoms with van der Waals surface area (Å²) in [6.45, 7) is 24.3. The first-order valence-corrected chi connectivity index (χ1v) is 21.2. The van der Waals surface area contributed by atoms with Crippen molar-refractivity contribution in [2.45, 2.75) is 86.6 Å². The molecule has 0 nitrogen and oxygen atoms in total. The Bertz CT molecular complexity index is 1100. The van der Waals surface area contributed by atoms with Gasteiger partial charge in [0.15, 0.2) is 0 Å². The van der Waals surface area contributed by atoms with Crippen molar-refractivity contribution in [1.29, 1.82) is 0 Å². The van der Waals surface area contributed by atoms with Crippen LogP contribution in [0.3, 0.4) is 0 Å². The zero-order valence-electron chi connectivity index (χ0n) is 22.5. The van der Waals surface area contributed by atoms with Gasteiger partial charge in [-0.3, -0.25) is 0 Å². The van der Waals surface area contributed by atoms with Crippen molar-refractivity contribution in [1.82, 2.24) is 0 Å². The summed E-state index contributed by atoms with van der Waals surface area (Å²) < 4.78 is 1.44. The maximum Gasteiger partial charge on any atom is -1.00 e. The van der Waals surface area contributed by atoms with Crippen molar-refractivity contribution in [2.75, 3.05) is 0 Å². The van der Waals surface area contributed by atoms with Crippen LogP contribution in [-0.4, -0.2) is 5.43 Å². The molecule has 4 rings (SSSR count). The predicted octanol–water partition coefficient (Wildman–Crippen LogP) is 2.78. The van der Waals surface area contributed by atoms with Crippen LogP contribution in [-0.2, 0) is 31.2 Å². The van der Waals surface area contributed by atoms with E-state index in [0.29, 0.717) is 0 Å². The van der Waals surface area contributed by atoms with E-state index in [4.69, 9.17) is 0 Å². The molecule has 2 unspecified atom stereocenters. The van der Waals surface area contributed by atoms with E-state index in [1.165, 1.54) is 11.1 Å². The molecule has 0 heterocycles. The van der Waals surface area contributed by atoms with E-state index >= 15 is 0 Å². The number of benzene rings is 2. The summed E-state index contributed by atoms with van der Waals surface area (Å²) in [4.78, 5) is 0. The predicted molar refractivity (Wildman–Crippen MR) is 141 cm³/mol. The van der Waals surface area contributed by atoms with Gasteiger partial charge in [0.05, 0.1) is 0 Å². The number of hydrogen-bond donors (Lipinski definition) is 0. The average molecular weight is 591 g/mol. The Morgan fingerprint density at radius 3 is 1.29 bits per heavy atom. The van der Waals surface area contributed by atoms with Crippen LogP contribution >= 0.6 is 0 Å². The molecule has 2 aliphatic rings. The minimum Gasteiger partial charge on any atom is -1.00 e. The third-order valence-electron chi connectivity index (χ3n) is 7.37. The maximum atomic E-state index is 2.62. The number of fused-ring (bicyclic) bond motifs is 2. The van der Waals surface area contributed by atoms with Gasteiger partial charge in [0.2, 0.25) is 0 Å². The molecule has 0 radical (unpaired) electrons. The summed E-state index contributed by atoms with van der Waals surface area (Å²) in [5, 5.41) is 0. The van der Waals surface area contributed by atoms with Gasteiger partial charge in [-0.2, -0.15) is 0 Å². The first-order valence-electron chi connectivity index (χ1n) is 12.1. The minimum atomic E-state index is -1.95. The second-order valence-corrected chi connectivity index (χ2v) is 30.1. The Kier molecular flexibility index (Phi) is 9.24. The summed E-state index contributed by atoms with van der Waals surface area (Å²) in [6.07, 6.45) is 5.12. The van der Waals surface area contributed by atoms with E-state index in [0.717, 1.165) is 7.25 Å². The Morgan fingerprint density at radius 1 is 0.647 bits per heavy atom. The van der Waals surface area contributed by atoms with Crippen LogP contribution < -0.4 is 24.8 Å². The first kappa shape index (κ1) is 29.8. The summed E-state index contributed by atoms with van der Waals surface area (Å²) in [5.41, 5.74) is 12.7. The molecule has 2 atom stereocenters. The van der Waals surface area contributed by atoms with Crippen molar-refractivity contribution in [2.24, 2.45) is 0 Å².